The van der Waals surface area contributed by atoms with E-state index in [1.165, 1.54) is 24.6 Å². The summed E-state index contributed by atoms with van der Waals surface area (Å²) in [5.41, 5.74) is 8.06. The van der Waals surface area contributed by atoms with E-state index in [-0.39, 0.29) is 23.3 Å². The molecule has 0 aliphatic carbocycles. The number of hydrogen-bond donors (Lipinski definition) is 3. The van der Waals surface area contributed by atoms with Crippen molar-refractivity contribution in [3.63, 3.8) is 0 Å². The van der Waals surface area contributed by atoms with Gasteiger partial charge in [-0.3, -0.25) is 4.79 Å². The molecule has 0 radical (unpaired) electrons. The Labute approximate surface area is 176 Å². The molecule has 2 aromatic rings. The number of nitrogens with one attached hydrogen (secondary N) is 1. The number of phenolic OH excluding ortho intramolecular Hbond substituents is 1. The minimum atomic E-state index is -0.201. The SMILES string of the molecule is CC(=O)Nc1ccc(O)cc1OC[C@@H](N)CN1CCC2(CC1)Cc1ccccc1O2. The van der Waals surface area contributed by atoms with Crippen LogP contribution in [0.4, 0.5) is 5.69 Å². The van der Waals surface area contributed by atoms with Gasteiger partial charge in [-0.1, -0.05) is 18.2 Å². The summed E-state index contributed by atoms with van der Waals surface area (Å²) in [6.07, 6.45) is 2.94. The van der Waals surface area contributed by atoms with E-state index in [0.29, 0.717) is 18.0 Å². The fourth-order valence-corrected chi connectivity index (χ4v) is 4.29. The first-order chi connectivity index (χ1) is 14.4. The van der Waals surface area contributed by atoms with E-state index in [2.05, 4.69) is 28.4 Å². The number of para-hydroxylation sites is 1. The number of carbonyl (C=O) groups excluding carboxylic acids is 1. The summed E-state index contributed by atoms with van der Waals surface area (Å²) in [6.45, 7) is 4.31. The molecule has 1 spiro atoms. The molecule has 1 fully saturated rings. The normalized spacial score (nSPS) is 18.5. The van der Waals surface area contributed by atoms with Crippen LogP contribution in [0.15, 0.2) is 42.5 Å². The minimum Gasteiger partial charge on any atom is -0.508 e. The molecular weight excluding hydrogens is 382 g/mol. The lowest BCUT2D eigenvalue weighted by molar-refractivity contribution is -0.114. The number of likely N-dealkylation sites (tertiary alicyclic amines) is 1. The standard InChI is InChI=1S/C23H29N3O4/c1-16(27)25-20-7-6-19(28)12-22(20)29-15-18(24)14-26-10-8-23(9-11-26)13-17-4-2-3-5-21(17)30-23/h2-7,12,18,28H,8-11,13-15,24H2,1H3,(H,25,27)/t18-/m0/s1. The van der Waals surface area contributed by atoms with Crippen molar-refractivity contribution < 1.29 is 19.4 Å². The van der Waals surface area contributed by atoms with E-state index < -0.39 is 0 Å². The van der Waals surface area contributed by atoms with Crippen molar-refractivity contribution >= 4 is 11.6 Å². The van der Waals surface area contributed by atoms with Gasteiger partial charge in [-0.05, 0) is 23.8 Å². The monoisotopic (exact) mass is 411 g/mol. The van der Waals surface area contributed by atoms with Crippen molar-refractivity contribution in [2.75, 3.05) is 31.6 Å². The molecule has 30 heavy (non-hydrogen) atoms. The Kier molecular flexibility index (Phi) is 5.83. The van der Waals surface area contributed by atoms with Gasteiger partial charge in [0.25, 0.3) is 0 Å². The molecule has 1 amide bonds. The zero-order valence-corrected chi connectivity index (χ0v) is 17.3. The van der Waals surface area contributed by atoms with Crippen LogP contribution >= 0.6 is 0 Å². The average molecular weight is 412 g/mol. The second-order valence-electron chi connectivity index (χ2n) is 8.30. The van der Waals surface area contributed by atoms with E-state index in [1.807, 2.05) is 6.07 Å². The molecule has 7 heteroatoms. The zero-order chi connectivity index (χ0) is 21.1. The van der Waals surface area contributed by atoms with Crippen molar-refractivity contribution in [1.29, 1.82) is 0 Å². The van der Waals surface area contributed by atoms with Crippen LogP contribution in [-0.4, -0.2) is 53.8 Å². The van der Waals surface area contributed by atoms with E-state index in [0.717, 1.165) is 44.6 Å². The van der Waals surface area contributed by atoms with Gasteiger partial charge in [0.15, 0.2) is 0 Å². The molecule has 0 aromatic heterocycles. The quantitative estimate of drug-likeness (QED) is 0.632. The third-order valence-corrected chi connectivity index (χ3v) is 5.80. The van der Waals surface area contributed by atoms with Crippen LogP contribution in [0, 0.1) is 0 Å². The third-order valence-electron chi connectivity index (χ3n) is 5.80. The Morgan fingerprint density at radius 1 is 1.30 bits per heavy atom. The van der Waals surface area contributed by atoms with Crippen molar-refractivity contribution in [3.05, 3.63) is 48.0 Å². The van der Waals surface area contributed by atoms with Gasteiger partial charge in [0, 0.05) is 51.9 Å². The van der Waals surface area contributed by atoms with Gasteiger partial charge in [0.2, 0.25) is 5.91 Å². The number of fused-ring (bicyclic) bond motifs is 1. The Morgan fingerprint density at radius 3 is 2.80 bits per heavy atom. The predicted molar refractivity (Wildman–Crippen MR) is 115 cm³/mol. The lowest BCUT2D eigenvalue weighted by atomic mass is 9.87. The number of hydrogen-bond acceptors (Lipinski definition) is 6. The van der Waals surface area contributed by atoms with E-state index in [9.17, 15) is 9.90 Å². The molecule has 7 nitrogen and oxygen atoms in total. The summed E-state index contributed by atoms with van der Waals surface area (Å²) in [6, 6.07) is 12.7. The maximum absolute atomic E-state index is 11.4. The molecule has 2 aliphatic heterocycles. The molecule has 2 heterocycles. The van der Waals surface area contributed by atoms with Gasteiger partial charge >= 0.3 is 0 Å². The summed E-state index contributed by atoms with van der Waals surface area (Å²) in [5, 5.41) is 12.4. The lowest BCUT2D eigenvalue weighted by Gasteiger charge is -2.39. The summed E-state index contributed by atoms with van der Waals surface area (Å²) in [7, 11) is 0. The van der Waals surface area contributed by atoms with Gasteiger partial charge in [0.1, 0.15) is 29.5 Å². The number of ether oxygens (including phenoxy) is 2. The number of rotatable bonds is 6. The van der Waals surface area contributed by atoms with Gasteiger partial charge in [-0.15, -0.1) is 0 Å². The fraction of sp³-hybridized carbons (Fsp3) is 0.435. The average Bonchev–Trinajstić information content (AvgIpc) is 3.07. The first kappa shape index (κ1) is 20.5. The highest BCUT2D eigenvalue weighted by Gasteiger charge is 2.41. The minimum absolute atomic E-state index is 0.0738. The highest BCUT2D eigenvalue weighted by molar-refractivity contribution is 5.90. The first-order valence-corrected chi connectivity index (χ1v) is 10.4. The summed E-state index contributed by atoms with van der Waals surface area (Å²) < 4.78 is 12.1. The number of nitrogens with two attached hydrogens (primary N) is 1. The van der Waals surface area contributed by atoms with E-state index in [1.54, 1.807) is 6.07 Å². The van der Waals surface area contributed by atoms with Crippen molar-refractivity contribution in [1.82, 2.24) is 4.90 Å². The fourth-order valence-electron chi connectivity index (χ4n) is 4.29. The predicted octanol–water partition coefficient (Wildman–Crippen LogP) is 2.53. The number of anilines is 1. The second-order valence-corrected chi connectivity index (χ2v) is 8.30. The van der Waals surface area contributed by atoms with E-state index in [4.69, 9.17) is 15.2 Å². The highest BCUT2D eigenvalue weighted by Crippen LogP contribution is 2.40. The molecule has 4 N–H and O–H groups in total. The van der Waals surface area contributed by atoms with Crippen LogP contribution in [-0.2, 0) is 11.2 Å². The molecule has 4 rings (SSSR count). The summed E-state index contributed by atoms with van der Waals surface area (Å²) in [4.78, 5) is 13.7. The van der Waals surface area contributed by atoms with Crippen LogP contribution in [0.2, 0.25) is 0 Å². The Hall–Kier alpha value is -2.77. The number of phenols is 1. The molecule has 160 valence electrons. The van der Waals surface area contributed by atoms with Crippen LogP contribution in [0.1, 0.15) is 25.3 Å². The number of carbonyl (C=O) groups is 1. The molecule has 0 bridgehead atoms. The van der Waals surface area contributed by atoms with Crippen molar-refractivity contribution in [2.24, 2.45) is 5.73 Å². The lowest BCUT2D eigenvalue weighted by Crippen LogP contribution is -2.51. The topological polar surface area (TPSA) is 97.0 Å². The smallest absolute Gasteiger partial charge is 0.221 e. The largest absolute Gasteiger partial charge is 0.508 e. The summed E-state index contributed by atoms with van der Waals surface area (Å²) in [5.74, 6) is 1.31. The second kappa shape index (κ2) is 8.53. The van der Waals surface area contributed by atoms with Gasteiger partial charge < -0.3 is 30.5 Å². The van der Waals surface area contributed by atoms with E-state index >= 15 is 0 Å². The molecule has 2 aliphatic rings. The molecular formula is C23H29N3O4. The van der Waals surface area contributed by atoms with Crippen molar-refractivity contribution in [3.8, 4) is 17.2 Å². The maximum atomic E-state index is 11.4. The number of amides is 1. The Bertz CT molecular complexity index is 882. The number of piperidine rings is 1. The molecule has 1 saturated heterocycles. The van der Waals surface area contributed by atoms with Crippen LogP contribution in [0.3, 0.4) is 0 Å². The number of aromatic hydroxyl groups is 1. The number of benzene rings is 2. The molecule has 0 unspecified atom stereocenters. The Morgan fingerprint density at radius 2 is 2.07 bits per heavy atom. The van der Waals surface area contributed by atoms with Crippen molar-refractivity contribution in [2.45, 2.75) is 37.8 Å². The van der Waals surface area contributed by atoms with Gasteiger partial charge in [0.05, 0.1) is 11.7 Å². The highest BCUT2D eigenvalue weighted by atomic mass is 16.5. The van der Waals surface area contributed by atoms with Gasteiger partial charge in [-0.2, -0.15) is 0 Å². The Balaban J connectivity index is 1.27. The molecule has 1 atom stereocenters. The molecule has 0 saturated carbocycles. The first-order valence-electron chi connectivity index (χ1n) is 10.4. The van der Waals surface area contributed by atoms with Crippen LogP contribution in [0.5, 0.6) is 17.2 Å². The molecule has 2 aromatic carbocycles. The third kappa shape index (κ3) is 4.68. The van der Waals surface area contributed by atoms with Crippen LogP contribution in [0.25, 0.3) is 0 Å². The maximum Gasteiger partial charge on any atom is 0.221 e. The van der Waals surface area contributed by atoms with Gasteiger partial charge in [-0.25, -0.2) is 0 Å². The summed E-state index contributed by atoms with van der Waals surface area (Å²) >= 11 is 0. The number of nitrogens with zero attached hydrogens (tertiary/aromatic N) is 1. The van der Waals surface area contributed by atoms with Crippen LogP contribution < -0.4 is 20.5 Å². The zero-order valence-electron chi connectivity index (χ0n) is 17.3.